The summed E-state index contributed by atoms with van der Waals surface area (Å²) in [5.41, 5.74) is 0. The van der Waals surface area contributed by atoms with Crippen molar-refractivity contribution in [1.82, 2.24) is 19.7 Å². The van der Waals surface area contributed by atoms with Crippen molar-refractivity contribution in [3.63, 3.8) is 0 Å². The third-order valence-corrected chi connectivity index (χ3v) is 4.71. The van der Waals surface area contributed by atoms with Gasteiger partial charge < -0.3 is 14.0 Å². The number of ether oxygens (including phenoxy) is 2. The lowest BCUT2D eigenvalue weighted by atomic mass is 10.2. The van der Waals surface area contributed by atoms with E-state index in [2.05, 4.69) is 19.7 Å². The van der Waals surface area contributed by atoms with Gasteiger partial charge in [0.15, 0.2) is 6.29 Å². The molecule has 2 aliphatic rings. The van der Waals surface area contributed by atoms with Crippen molar-refractivity contribution in [1.29, 1.82) is 0 Å². The lowest BCUT2D eigenvalue weighted by molar-refractivity contribution is -0.118. The van der Waals surface area contributed by atoms with E-state index in [4.69, 9.17) is 9.47 Å². The van der Waals surface area contributed by atoms with Gasteiger partial charge in [-0.05, 0) is 32.2 Å². The normalized spacial score (nSPS) is 23.5. The predicted molar refractivity (Wildman–Crippen MR) is 78.9 cm³/mol. The molecule has 6 nitrogen and oxygen atoms in total. The number of hydrogen-bond acceptors (Lipinski definition) is 5. The van der Waals surface area contributed by atoms with Crippen LogP contribution in [0.2, 0.25) is 0 Å². The van der Waals surface area contributed by atoms with Crippen molar-refractivity contribution in [2.75, 3.05) is 27.3 Å². The Morgan fingerprint density at radius 1 is 1.10 bits per heavy atom. The number of fused-ring (bicyclic) bond motifs is 1. The summed E-state index contributed by atoms with van der Waals surface area (Å²) in [5, 5.41) is 8.96. The molecule has 1 aromatic heterocycles. The highest BCUT2D eigenvalue weighted by Gasteiger charge is 2.32. The SMILES string of the molecule is COC(CN1CCCC1c1nnc2n1CCCCC2)OC. The summed E-state index contributed by atoms with van der Waals surface area (Å²) in [4.78, 5) is 2.43. The monoisotopic (exact) mass is 294 g/mol. The van der Waals surface area contributed by atoms with Gasteiger partial charge in [-0.1, -0.05) is 6.42 Å². The van der Waals surface area contributed by atoms with E-state index in [0.29, 0.717) is 6.04 Å². The molecule has 0 aliphatic carbocycles. The smallest absolute Gasteiger partial charge is 0.169 e. The maximum Gasteiger partial charge on any atom is 0.169 e. The summed E-state index contributed by atoms with van der Waals surface area (Å²) >= 11 is 0. The Bertz CT molecular complexity index is 459. The first-order valence-electron chi connectivity index (χ1n) is 8.05. The molecule has 1 aromatic rings. The number of aryl methyl sites for hydroxylation is 1. The van der Waals surface area contributed by atoms with Gasteiger partial charge in [-0.25, -0.2) is 0 Å². The Kier molecular flexibility index (Phi) is 4.87. The number of likely N-dealkylation sites (tertiary alicyclic amines) is 1. The molecule has 0 radical (unpaired) electrons. The predicted octanol–water partition coefficient (Wildman–Crippen LogP) is 1.76. The van der Waals surface area contributed by atoms with Crippen molar-refractivity contribution in [2.24, 2.45) is 0 Å². The second kappa shape index (κ2) is 6.85. The molecule has 0 amide bonds. The van der Waals surface area contributed by atoms with Crippen LogP contribution in [0.3, 0.4) is 0 Å². The zero-order valence-corrected chi connectivity index (χ0v) is 13.1. The molecule has 0 N–H and O–H groups in total. The minimum Gasteiger partial charge on any atom is -0.355 e. The van der Waals surface area contributed by atoms with Crippen LogP contribution in [0.25, 0.3) is 0 Å². The van der Waals surface area contributed by atoms with E-state index in [0.717, 1.165) is 38.3 Å². The highest BCUT2D eigenvalue weighted by Crippen LogP contribution is 2.32. The highest BCUT2D eigenvalue weighted by atomic mass is 16.7. The van der Waals surface area contributed by atoms with E-state index in [1.807, 2.05) is 0 Å². The molecule has 0 spiro atoms. The second-order valence-electron chi connectivity index (χ2n) is 5.99. The largest absolute Gasteiger partial charge is 0.355 e. The topological polar surface area (TPSA) is 52.4 Å². The molecule has 1 saturated heterocycles. The average Bonchev–Trinajstić information content (AvgIpc) is 3.05. The van der Waals surface area contributed by atoms with Gasteiger partial charge in [0.05, 0.1) is 12.6 Å². The maximum atomic E-state index is 5.35. The number of nitrogens with zero attached hydrogens (tertiary/aromatic N) is 4. The molecule has 0 aromatic carbocycles. The third-order valence-electron chi connectivity index (χ3n) is 4.71. The lowest BCUT2D eigenvalue weighted by Gasteiger charge is -2.27. The number of rotatable bonds is 5. The molecular weight excluding hydrogens is 268 g/mol. The molecule has 21 heavy (non-hydrogen) atoms. The van der Waals surface area contributed by atoms with E-state index < -0.39 is 0 Å². The minimum atomic E-state index is -0.169. The first-order chi connectivity index (χ1) is 10.3. The van der Waals surface area contributed by atoms with Crippen LogP contribution in [0.4, 0.5) is 0 Å². The number of methoxy groups -OCH3 is 2. The van der Waals surface area contributed by atoms with Gasteiger partial charge >= 0.3 is 0 Å². The molecule has 0 bridgehead atoms. The molecule has 3 heterocycles. The average molecular weight is 294 g/mol. The van der Waals surface area contributed by atoms with Crippen molar-refractivity contribution < 1.29 is 9.47 Å². The van der Waals surface area contributed by atoms with E-state index in [1.165, 1.54) is 31.5 Å². The van der Waals surface area contributed by atoms with Crippen LogP contribution in [-0.2, 0) is 22.4 Å². The molecule has 118 valence electrons. The van der Waals surface area contributed by atoms with Gasteiger partial charge in [0.1, 0.15) is 11.6 Å². The van der Waals surface area contributed by atoms with Crippen molar-refractivity contribution >= 4 is 0 Å². The summed E-state index contributed by atoms with van der Waals surface area (Å²) < 4.78 is 13.1. The van der Waals surface area contributed by atoms with Gasteiger partial charge in [-0.2, -0.15) is 0 Å². The third kappa shape index (κ3) is 3.12. The van der Waals surface area contributed by atoms with E-state index >= 15 is 0 Å². The fourth-order valence-electron chi connectivity index (χ4n) is 3.53. The van der Waals surface area contributed by atoms with Crippen LogP contribution in [0, 0.1) is 0 Å². The van der Waals surface area contributed by atoms with Crippen molar-refractivity contribution in [3.8, 4) is 0 Å². The van der Waals surface area contributed by atoms with Gasteiger partial charge in [0, 0.05) is 27.2 Å². The Labute approximate surface area is 126 Å². The second-order valence-corrected chi connectivity index (χ2v) is 5.99. The Balaban J connectivity index is 1.77. The highest BCUT2D eigenvalue weighted by molar-refractivity contribution is 5.05. The fourth-order valence-corrected chi connectivity index (χ4v) is 3.53. The Morgan fingerprint density at radius 2 is 1.95 bits per heavy atom. The molecular formula is C15H26N4O2. The zero-order valence-electron chi connectivity index (χ0n) is 13.1. The van der Waals surface area contributed by atoms with Crippen LogP contribution in [0.15, 0.2) is 0 Å². The first-order valence-corrected chi connectivity index (χ1v) is 8.05. The lowest BCUT2D eigenvalue weighted by Crippen LogP contribution is -2.35. The van der Waals surface area contributed by atoms with Crippen LogP contribution in [0.1, 0.15) is 49.8 Å². The number of aromatic nitrogens is 3. The molecule has 3 rings (SSSR count). The summed E-state index contributed by atoms with van der Waals surface area (Å²) in [6.45, 7) is 2.94. The Hall–Kier alpha value is -0.980. The van der Waals surface area contributed by atoms with Gasteiger partial charge in [-0.3, -0.25) is 4.90 Å². The molecule has 1 atom stereocenters. The van der Waals surface area contributed by atoms with Crippen LogP contribution < -0.4 is 0 Å². The van der Waals surface area contributed by atoms with E-state index in [9.17, 15) is 0 Å². The maximum absolute atomic E-state index is 5.35. The quantitative estimate of drug-likeness (QED) is 0.775. The van der Waals surface area contributed by atoms with Gasteiger partial charge in [0.2, 0.25) is 0 Å². The summed E-state index contributed by atoms with van der Waals surface area (Å²) in [5.74, 6) is 2.32. The molecule has 6 heteroatoms. The van der Waals surface area contributed by atoms with Crippen molar-refractivity contribution in [3.05, 3.63) is 11.6 Å². The van der Waals surface area contributed by atoms with Crippen LogP contribution >= 0.6 is 0 Å². The standard InChI is InChI=1S/C15H26N4O2/c1-20-14(21-2)11-18-9-6-7-12(18)15-17-16-13-8-4-3-5-10-19(13)15/h12,14H,3-11H2,1-2H3. The summed E-state index contributed by atoms with van der Waals surface area (Å²) in [6.07, 6.45) is 7.03. The van der Waals surface area contributed by atoms with Crippen LogP contribution in [-0.4, -0.2) is 53.3 Å². The van der Waals surface area contributed by atoms with Gasteiger partial charge in [0.25, 0.3) is 0 Å². The van der Waals surface area contributed by atoms with E-state index in [1.54, 1.807) is 14.2 Å². The fraction of sp³-hybridized carbons (Fsp3) is 0.867. The Morgan fingerprint density at radius 3 is 2.76 bits per heavy atom. The number of hydrogen-bond donors (Lipinski definition) is 0. The first kappa shape index (κ1) is 14.9. The summed E-state index contributed by atoms with van der Waals surface area (Å²) in [7, 11) is 3.39. The molecule has 1 fully saturated rings. The van der Waals surface area contributed by atoms with Crippen molar-refractivity contribution in [2.45, 2.75) is 57.4 Å². The molecule has 2 aliphatic heterocycles. The summed E-state index contributed by atoms with van der Waals surface area (Å²) in [6, 6.07) is 0.358. The zero-order chi connectivity index (χ0) is 14.7. The van der Waals surface area contributed by atoms with Gasteiger partial charge in [-0.15, -0.1) is 10.2 Å². The van der Waals surface area contributed by atoms with E-state index in [-0.39, 0.29) is 6.29 Å². The molecule has 0 saturated carbocycles. The minimum absolute atomic E-state index is 0.169. The van der Waals surface area contributed by atoms with Crippen LogP contribution in [0.5, 0.6) is 0 Å². The molecule has 1 unspecified atom stereocenters.